The molecule has 0 saturated carbocycles. The maximum absolute atomic E-state index is 14.1. The topological polar surface area (TPSA) is 38.8 Å². The van der Waals surface area contributed by atoms with Crippen LogP contribution in [0.25, 0.3) is 0 Å². The maximum atomic E-state index is 14.1. The first kappa shape index (κ1) is 16.6. The van der Waals surface area contributed by atoms with Crippen molar-refractivity contribution in [2.45, 2.75) is 45.1 Å². The fourth-order valence-corrected chi connectivity index (χ4v) is 2.67. The first-order valence-electron chi connectivity index (χ1n) is 7.61. The van der Waals surface area contributed by atoms with Gasteiger partial charge in [-0.2, -0.15) is 0 Å². The summed E-state index contributed by atoms with van der Waals surface area (Å²) in [5.74, 6) is 0.409. The lowest BCUT2D eigenvalue weighted by Gasteiger charge is -2.33. The minimum atomic E-state index is -0.490. The Morgan fingerprint density at radius 2 is 1.91 bits per heavy atom. The van der Waals surface area contributed by atoms with E-state index in [1.807, 2.05) is 20.8 Å². The summed E-state index contributed by atoms with van der Waals surface area (Å²) in [7, 11) is 1.52. The summed E-state index contributed by atoms with van der Waals surface area (Å²) in [6.45, 7) is 6.73. The summed E-state index contributed by atoms with van der Waals surface area (Å²) < 4.78 is 24.5. The van der Waals surface area contributed by atoms with Crippen LogP contribution >= 0.6 is 0 Å². The van der Waals surface area contributed by atoms with Gasteiger partial charge in [-0.3, -0.25) is 0 Å². The zero-order valence-corrected chi connectivity index (χ0v) is 13.7. The highest BCUT2D eigenvalue weighted by atomic mass is 19.1. The van der Waals surface area contributed by atoms with Gasteiger partial charge in [-0.1, -0.05) is 6.07 Å². The van der Waals surface area contributed by atoms with E-state index in [9.17, 15) is 9.18 Å². The minimum Gasteiger partial charge on any atom is -0.497 e. The number of halogens is 1. The predicted molar refractivity (Wildman–Crippen MR) is 82.7 cm³/mol. The Bertz CT molecular complexity index is 531. The fourth-order valence-electron chi connectivity index (χ4n) is 2.67. The number of carbonyl (C=O) groups is 1. The molecule has 0 radical (unpaired) electrons. The van der Waals surface area contributed by atoms with Crippen molar-refractivity contribution in [1.82, 2.24) is 4.90 Å². The van der Waals surface area contributed by atoms with Crippen molar-refractivity contribution in [3.8, 4) is 5.75 Å². The van der Waals surface area contributed by atoms with Crippen LogP contribution in [-0.4, -0.2) is 36.8 Å². The average Bonchev–Trinajstić information content (AvgIpc) is 2.45. The molecule has 0 aromatic heterocycles. The molecule has 1 saturated heterocycles. The number of likely N-dealkylation sites (tertiary alicyclic amines) is 1. The van der Waals surface area contributed by atoms with Crippen molar-refractivity contribution in [2.75, 3.05) is 20.2 Å². The first-order valence-corrected chi connectivity index (χ1v) is 7.61. The summed E-state index contributed by atoms with van der Waals surface area (Å²) >= 11 is 0. The van der Waals surface area contributed by atoms with Crippen molar-refractivity contribution in [3.05, 3.63) is 29.6 Å². The molecule has 0 atom stereocenters. The Hall–Kier alpha value is -1.78. The SMILES string of the molecule is COc1ccc(C2CCN(C(=O)OC(C)(C)C)CC2)c(F)c1. The van der Waals surface area contributed by atoms with Gasteiger partial charge >= 0.3 is 6.09 Å². The van der Waals surface area contributed by atoms with Gasteiger partial charge in [0.1, 0.15) is 17.2 Å². The van der Waals surface area contributed by atoms with E-state index in [0.717, 1.165) is 12.8 Å². The van der Waals surface area contributed by atoms with E-state index in [2.05, 4.69) is 0 Å². The van der Waals surface area contributed by atoms with E-state index < -0.39 is 5.60 Å². The fraction of sp³-hybridized carbons (Fsp3) is 0.588. The molecule has 2 rings (SSSR count). The molecule has 4 nitrogen and oxygen atoms in total. The highest BCUT2D eigenvalue weighted by Crippen LogP contribution is 2.31. The Kier molecular flexibility index (Phi) is 4.94. The predicted octanol–water partition coefficient (Wildman–Crippen LogP) is 3.95. The molecule has 0 unspecified atom stereocenters. The molecule has 0 bridgehead atoms. The monoisotopic (exact) mass is 309 g/mol. The van der Waals surface area contributed by atoms with Gasteiger partial charge in [-0.15, -0.1) is 0 Å². The van der Waals surface area contributed by atoms with Crippen molar-refractivity contribution in [3.63, 3.8) is 0 Å². The number of ether oxygens (including phenoxy) is 2. The van der Waals surface area contributed by atoms with Crippen molar-refractivity contribution in [2.24, 2.45) is 0 Å². The molecule has 1 heterocycles. The number of carbonyl (C=O) groups excluding carboxylic acids is 1. The molecule has 0 N–H and O–H groups in total. The zero-order chi connectivity index (χ0) is 16.3. The summed E-state index contributed by atoms with van der Waals surface area (Å²) in [4.78, 5) is 13.7. The molecule has 1 aliphatic heterocycles. The summed E-state index contributed by atoms with van der Waals surface area (Å²) in [5.41, 5.74) is 0.209. The van der Waals surface area contributed by atoms with E-state index in [1.54, 1.807) is 17.0 Å². The molecular weight excluding hydrogens is 285 g/mol. The van der Waals surface area contributed by atoms with Crippen LogP contribution in [0.5, 0.6) is 5.75 Å². The number of methoxy groups -OCH3 is 1. The average molecular weight is 309 g/mol. The van der Waals surface area contributed by atoms with Crippen LogP contribution in [0.4, 0.5) is 9.18 Å². The maximum Gasteiger partial charge on any atom is 0.410 e. The molecule has 122 valence electrons. The van der Waals surface area contributed by atoms with E-state index in [0.29, 0.717) is 24.4 Å². The Morgan fingerprint density at radius 1 is 1.27 bits per heavy atom. The van der Waals surface area contributed by atoms with Crippen LogP contribution in [0.15, 0.2) is 18.2 Å². The third kappa shape index (κ3) is 4.12. The second-order valence-electron chi connectivity index (χ2n) is 6.63. The van der Waals surface area contributed by atoms with Crippen molar-refractivity contribution >= 4 is 6.09 Å². The third-order valence-electron chi connectivity index (χ3n) is 3.79. The van der Waals surface area contributed by atoms with Gasteiger partial charge in [-0.05, 0) is 51.2 Å². The normalized spacial score (nSPS) is 16.5. The second kappa shape index (κ2) is 6.55. The van der Waals surface area contributed by atoms with Crippen LogP contribution < -0.4 is 4.74 Å². The van der Waals surface area contributed by atoms with Crippen molar-refractivity contribution < 1.29 is 18.7 Å². The molecular formula is C17H24FNO3. The lowest BCUT2D eigenvalue weighted by Crippen LogP contribution is -2.41. The van der Waals surface area contributed by atoms with Gasteiger partial charge in [-0.25, -0.2) is 9.18 Å². The smallest absolute Gasteiger partial charge is 0.410 e. The van der Waals surface area contributed by atoms with Crippen LogP contribution in [0.2, 0.25) is 0 Å². The van der Waals surface area contributed by atoms with Crippen LogP contribution in [-0.2, 0) is 4.74 Å². The van der Waals surface area contributed by atoms with Gasteiger partial charge in [0.05, 0.1) is 7.11 Å². The summed E-state index contributed by atoms with van der Waals surface area (Å²) in [6, 6.07) is 4.97. The van der Waals surface area contributed by atoms with Gasteiger partial charge in [0.15, 0.2) is 0 Å². The third-order valence-corrected chi connectivity index (χ3v) is 3.79. The number of benzene rings is 1. The summed E-state index contributed by atoms with van der Waals surface area (Å²) in [5, 5.41) is 0. The van der Waals surface area contributed by atoms with E-state index >= 15 is 0 Å². The Morgan fingerprint density at radius 3 is 2.41 bits per heavy atom. The Balaban J connectivity index is 1.96. The molecule has 22 heavy (non-hydrogen) atoms. The molecule has 0 spiro atoms. The van der Waals surface area contributed by atoms with Crippen LogP contribution in [0.3, 0.4) is 0 Å². The molecule has 0 aliphatic carbocycles. The molecule has 1 aromatic carbocycles. The van der Waals surface area contributed by atoms with E-state index in [1.165, 1.54) is 13.2 Å². The molecule has 1 aliphatic rings. The van der Waals surface area contributed by atoms with Gasteiger partial charge < -0.3 is 14.4 Å². The summed E-state index contributed by atoms with van der Waals surface area (Å²) in [6.07, 6.45) is 1.19. The number of piperidine rings is 1. The number of hydrogen-bond acceptors (Lipinski definition) is 3. The van der Waals surface area contributed by atoms with Crippen molar-refractivity contribution in [1.29, 1.82) is 0 Å². The number of hydrogen-bond donors (Lipinski definition) is 0. The molecule has 1 aromatic rings. The van der Waals surface area contributed by atoms with Gasteiger partial charge in [0, 0.05) is 19.2 Å². The second-order valence-corrected chi connectivity index (χ2v) is 6.63. The van der Waals surface area contributed by atoms with E-state index in [4.69, 9.17) is 9.47 Å². The number of rotatable bonds is 2. The first-order chi connectivity index (χ1) is 10.3. The van der Waals surface area contributed by atoms with Gasteiger partial charge in [0.2, 0.25) is 0 Å². The van der Waals surface area contributed by atoms with Crippen LogP contribution in [0.1, 0.15) is 45.1 Å². The molecule has 1 fully saturated rings. The van der Waals surface area contributed by atoms with Gasteiger partial charge in [0.25, 0.3) is 0 Å². The lowest BCUT2D eigenvalue weighted by atomic mass is 9.89. The largest absolute Gasteiger partial charge is 0.497 e. The lowest BCUT2D eigenvalue weighted by molar-refractivity contribution is 0.0204. The minimum absolute atomic E-state index is 0.129. The zero-order valence-electron chi connectivity index (χ0n) is 13.7. The quantitative estimate of drug-likeness (QED) is 0.830. The Labute approximate surface area is 131 Å². The highest BCUT2D eigenvalue weighted by Gasteiger charge is 2.28. The number of amides is 1. The highest BCUT2D eigenvalue weighted by molar-refractivity contribution is 5.68. The van der Waals surface area contributed by atoms with E-state index in [-0.39, 0.29) is 17.8 Å². The standard InChI is InChI=1S/C17H24FNO3/c1-17(2,3)22-16(20)19-9-7-12(8-10-19)14-6-5-13(21-4)11-15(14)18/h5-6,11-12H,7-10H2,1-4H3. The molecule has 5 heteroatoms. The van der Waals surface area contributed by atoms with Crippen LogP contribution in [0, 0.1) is 5.82 Å². The molecule has 1 amide bonds. The number of nitrogens with zero attached hydrogens (tertiary/aromatic N) is 1.